The second-order valence-corrected chi connectivity index (χ2v) is 2.74. The molecule has 0 saturated carbocycles. The molecule has 0 saturated heterocycles. The molecule has 1 rings (SSSR count). The number of anilines is 1. The number of hydrazine groups is 1. The molecule has 1 aromatic carbocycles. The molecular formula is C7H7Cl2F3N2O. The Kier molecular flexibility index (Phi) is 4.99. The fraction of sp³-hybridized carbons (Fsp3) is 0.143. The Labute approximate surface area is 94.7 Å². The summed E-state index contributed by atoms with van der Waals surface area (Å²) in [6.07, 6.45) is -4.75. The van der Waals surface area contributed by atoms with Crippen molar-refractivity contribution in [2.24, 2.45) is 5.84 Å². The number of nitrogens with two attached hydrogens (primary N) is 1. The van der Waals surface area contributed by atoms with E-state index in [9.17, 15) is 13.2 Å². The van der Waals surface area contributed by atoms with Crippen molar-refractivity contribution < 1.29 is 17.9 Å². The average Bonchev–Trinajstić information content (AvgIpc) is 2.06. The number of alkyl halides is 3. The Hall–Kier alpha value is -0.850. The molecule has 0 aliphatic rings. The number of nitrogens with one attached hydrogen (secondary N) is 1. The minimum absolute atomic E-state index is 0. The van der Waals surface area contributed by atoms with E-state index in [0.717, 1.165) is 6.07 Å². The molecule has 86 valence electrons. The summed E-state index contributed by atoms with van der Waals surface area (Å²) in [5.74, 6) is 4.56. The minimum Gasteiger partial charge on any atom is -0.404 e. The Morgan fingerprint density at radius 1 is 1.33 bits per heavy atom. The monoisotopic (exact) mass is 262 g/mol. The Morgan fingerprint density at radius 3 is 2.33 bits per heavy atom. The predicted octanol–water partition coefficient (Wildman–Crippen LogP) is 2.95. The number of benzene rings is 1. The van der Waals surface area contributed by atoms with Crippen LogP contribution in [0.4, 0.5) is 18.9 Å². The van der Waals surface area contributed by atoms with Crippen molar-refractivity contribution in [2.75, 3.05) is 5.43 Å². The summed E-state index contributed by atoms with van der Waals surface area (Å²) in [5, 5.41) is -0.169. The number of hydrogen-bond donors (Lipinski definition) is 2. The van der Waals surface area contributed by atoms with Crippen LogP contribution >= 0.6 is 24.0 Å². The van der Waals surface area contributed by atoms with E-state index >= 15 is 0 Å². The van der Waals surface area contributed by atoms with Crippen LogP contribution in [-0.4, -0.2) is 6.36 Å². The van der Waals surface area contributed by atoms with Gasteiger partial charge in [0.15, 0.2) is 0 Å². The van der Waals surface area contributed by atoms with Gasteiger partial charge in [-0.2, -0.15) is 0 Å². The van der Waals surface area contributed by atoms with Crippen molar-refractivity contribution in [2.45, 2.75) is 6.36 Å². The lowest BCUT2D eigenvalue weighted by Gasteiger charge is -2.10. The zero-order chi connectivity index (χ0) is 10.8. The first-order valence-corrected chi connectivity index (χ1v) is 3.82. The van der Waals surface area contributed by atoms with Gasteiger partial charge in [0, 0.05) is 0 Å². The smallest absolute Gasteiger partial charge is 0.404 e. The number of rotatable bonds is 2. The van der Waals surface area contributed by atoms with Gasteiger partial charge in [-0.3, -0.25) is 5.84 Å². The SMILES string of the molecule is Cl.NNc1ccc(OC(F)(F)F)c(Cl)c1. The third kappa shape index (κ3) is 4.46. The van der Waals surface area contributed by atoms with E-state index in [2.05, 4.69) is 10.2 Å². The lowest BCUT2D eigenvalue weighted by Crippen LogP contribution is -2.17. The van der Waals surface area contributed by atoms with Gasteiger partial charge in [0.05, 0.1) is 10.7 Å². The van der Waals surface area contributed by atoms with Gasteiger partial charge in [-0.25, -0.2) is 0 Å². The maximum absolute atomic E-state index is 11.8. The Morgan fingerprint density at radius 2 is 1.93 bits per heavy atom. The summed E-state index contributed by atoms with van der Waals surface area (Å²) in [7, 11) is 0. The summed E-state index contributed by atoms with van der Waals surface area (Å²) in [6.45, 7) is 0. The lowest BCUT2D eigenvalue weighted by atomic mass is 10.3. The third-order valence-electron chi connectivity index (χ3n) is 1.32. The fourth-order valence-electron chi connectivity index (χ4n) is 0.798. The van der Waals surface area contributed by atoms with Crippen molar-refractivity contribution in [3.63, 3.8) is 0 Å². The zero-order valence-electron chi connectivity index (χ0n) is 7.14. The van der Waals surface area contributed by atoms with Gasteiger partial charge in [-0.05, 0) is 18.2 Å². The van der Waals surface area contributed by atoms with Crippen LogP contribution in [0.2, 0.25) is 5.02 Å². The van der Waals surface area contributed by atoms with Crippen molar-refractivity contribution in [3.05, 3.63) is 23.2 Å². The second kappa shape index (κ2) is 5.29. The summed E-state index contributed by atoms with van der Waals surface area (Å²) in [6, 6.07) is 3.61. The zero-order valence-corrected chi connectivity index (χ0v) is 8.71. The molecule has 0 atom stereocenters. The van der Waals surface area contributed by atoms with Crippen LogP contribution in [0.15, 0.2) is 18.2 Å². The normalized spacial score (nSPS) is 10.5. The number of hydrogen-bond acceptors (Lipinski definition) is 3. The summed E-state index contributed by atoms with van der Waals surface area (Å²) in [5.41, 5.74) is 2.63. The molecule has 0 bridgehead atoms. The van der Waals surface area contributed by atoms with Gasteiger partial charge < -0.3 is 10.2 Å². The summed E-state index contributed by atoms with van der Waals surface area (Å²) < 4.78 is 39.0. The molecule has 0 heterocycles. The van der Waals surface area contributed by atoms with Crippen molar-refractivity contribution in [1.29, 1.82) is 0 Å². The molecule has 0 spiro atoms. The first-order chi connectivity index (χ1) is 6.42. The van der Waals surface area contributed by atoms with E-state index in [1.165, 1.54) is 12.1 Å². The predicted molar refractivity (Wildman–Crippen MR) is 53.2 cm³/mol. The van der Waals surface area contributed by atoms with E-state index in [4.69, 9.17) is 17.4 Å². The Balaban J connectivity index is 0.00000196. The van der Waals surface area contributed by atoms with Gasteiger partial charge in [-0.15, -0.1) is 25.6 Å². The van der Waals surface area contributed by atoms with E-state index in [1.54, 1.807) is 0 Å². The average molecular weight is 263 g/mol. The quantitative estimate of drug-likeness (QED) is 0.637. The van der Waals surface area contributed by atoms with Gasteiger partial charge in [0.2, 0.25) is 0 Å². The number of nitrogen functional groups attached to an aromatic ring is 1. The van der Waals surface area contributed by atoms with Crippen LogP contribution in [-0.2, 0) is 0 Å². The van der Waals surface area contributed by atoms with Crippen molar-refractivity contribution in [3.8, 4) is 5.75 Å². The van der Waals surface area contributed by atoms with Crippen LogP contribution in [0, 0.1) is 0 Å². The van der Waals surface area contributed by atoms with Crippen molar-refractivity contribution >= 4 is 29.7 Å². The standard InChI is InChI=1S/C7H6ClF3N2O.ClH/c8-5-3-4(13-12)1-2-6(5)14-7(9,10)11;/h1-3,13H,12H2;1H. The van der Waals surface area contributed by atoms with Crippen LogP contribution in [0.3, 0.4) is 0 Å². The van der Waals surface area contributed by atoms with E-state index in [-0.39, 0.29) is 17.4 Å². The second-order valence-electron chi connectivity index (χ2n) is 2.34. The fourth-order valence-corrected chi connectivity index (χ4v) is 1.02. The molecule has 0 amide bonds. The lowest BCUT2D eigenvalue weighted by molar-refractivity contribution is -0.274. The highest BCUT2D eigenvalue weighted by Gasteiger charge is 2.31. The van der Waals surface area contributed by atoms with Crippen LogP contribution in [0.5, 0.6) is 5.75 Å². The highest BCUT2D eigenvalue weighted by Crippen LogP contribution is 2.31. The van der Waals surface area contributed by atoms with Crippen LogP contribution < -0.4 is 16.0 Å². The molecule has 15 heavy (non-hydrogen) atoms. The maximum atomic E-state index is 11.8. The summed E-state index contributed by atoms with van der Waals surface area (Å²) >= 11 is 5.49. The molecule has 0 aliphatic carbocycles. The largest absolute Gasteiger partial charge is 0.573 e. The van der Waals surface area contributed by atoms with Gasteiger partial charge in [-0.1, -0.05) is 11.6 Å². The van der Waals surface area contributed by atoms with Gasteiger partial charge in [0.25, 0.3) is 0 Å². The molecule has 0 radical (unpaired) electrons. The van der Waals surface area contributed by atoms with Crippen LogP contribution in [0.1, 0.15) is 0 Å². The molecule has 1 aromatic rings. The molecule has 3 N–H and O–H groups in total. The Bertz CT molecular complexity index is 333. The molecule has 8 heteroatoms. The molecule has 3 nitrogen and oxygen atoms in total. The first kappa shape index (κ1) is 14.2. The molecule has 0 aromatic heterocycles. The van der Waals surface area contributed by atoms with E-state index in [1.807, 2.05) is 0 Å². The van der Waals surface area contributed by atoms with Gasteiger partial charge in [0.1, 0.15) is 5.75 Å². The molecule has 0 unspecified atom stereocenters. The molecule has 0 aliphatic heterocycles. The third-order valence-corrected chi connectivity index (χ3v) is 1.62. The minimum atomic E-state index is -4.75. The van der Waals surface area contributed by atoms with E-state index < -0.39 is 12.1 Å². The molecule has 0 fully saturated rings. The first-order valence-electron chi connectivity index (χ1n) is 3.44. The maximum Gasteiger partial charge on any atom is 0.573 e. The molecular weight excluding hydrogens is 256 g/mol. The highest BCUT2D eigenvalue weighted by atomic mass is 35.5. The number of ether oxygens (including phenoxy) is 1. The van der Waals surface area contributed by atoms with Gasteiger partial charge >= 0.3 is 6.36 Å². The summed E-state index contributed by atoms with van der Waals surface area (Å²) in [4.78, 5) is 0. The van der Waals surface area contributed by atoms with E-state index in [0.29, 0.717) is 5.69 Å². The topological polar surface area (TPSA) is 47.3 Å². The highest BCUT2D eigenvalue weighted by molar-refractivity contribution is 6.32. The van der Waals surface area contributed by atoms with Crippen molar-refractivity contribution in [1.82, 2.24) is 0 Å². The van der Waals surface area contributed by atoms with Crippen LogP contribution in [0.25, 0.3) is 0 Å². The number of halogens is 5.